The Morgan fingerprint density at radius 2 is 2.26 bits per heavy atom. The number of anilines is 1. The number of nitrogens with two attached hydrogens (primary N) is 1. The quantitative estimate of drug-likeness (QED) is 0.845. The highest BCUT2D eigenvalue weighted by Gasteiger charge is 2.20. The van der Waals surface area contributed by atoms with Gasteiger partial charge in [0.05, 0.1) is 0 Å². The molecule has 1 aromatic heterocycles. The molecule has 0 saturated carbocycles. The summed E-state index contributed by atoms with van der Waals surface area (Å²) >= 11 is 0. The van der Waals surface area contributed by atoms with Crippen LogP contribution in [0.1, 0.15) is 25.3 Å². The van der Waals surface area contributed by atoms with Gasteiger partial charge in [-0.2, -0.15) is 0 Å². The van der Waals surface area contributed by atoms with E-state index < -0.39 is 0 Å². The number of rotatable bonds is 4. The fraction of sp³-hybridized carbons (Fsp3) is 0.571. The lowest BCUT2D eigenvalue weighted by molar-refractivity contribution is -0.119. The van der Waals surface area contributed by atoms with E-state index >= 15 is 0 Å². The van der Waals surface area contributed by atoms with Crippen LogP contribution < -0.4 is 16.0 Å². The second kappa shape index (κ2) is 6.52. The van der Waals surface area contributed by atoms with Crippen LogP contribution in [-0.4, -0.2) is 30.5 Å². The fourth-order valence-electron chi connectivity index (χ4n) is 2.41. The first-order chi connectivity index (χ1) is 9.19. The lowest BCUT2D eigenvalue weighted by Crippen LogP contribution is -2.38. The van der Waals surface area contributed by atoms with Crippen molar-refractivity contribution >= 4 is 11.7 Å². The number of carbonyl (C=O) groups is 1. The fourth-order valence-corrected chi connectivity index (χ4v) is 2.41. The molecule has 2 rings (SSSR count). The van der Waals surface area contributed by atoms with E-state index in [9.17, 15) is 4.79 Å². The molecule has 0 aliphatic carbocycles. The normalized spacial score (nSPS) is 16.4. The van der Waals surface area contributed by atoms with Crippen molar-refractivity contribution in [1.29, 1.82) is 0 Å². The Morgan fingerprint density at radius 3 is 2.89 bits per heavy atom. The lowest BCUT2D eigenvalue weighted by atomic mass is 9.96. The molecule has 1 amide bonds. The third-order valence-electron chi connectivity index (χ3n) is 3.62. The largest absolute Gasteiger partial charge is 0.357 e. The summed E-state index contributed by atoms with van der Waals surface area (Å²) in [5.74, 6) is 1.65. The molecule has 19 heavy (non-hydrogen) atoms. The van der Waals surface area contributed by atoms with Gasteiger partial charge in [-0.05, 0) is 36.5 Å². The topological polar surface area (TPSA) is 71.2 Å². The van der Waals surface area contributed by atoms with Gasteiger partial charge < -0.3 is 16.0 Å². The van der Waals surface area contributed by atoms with E-state index in [2.05, 4.69) is 21.3 Å². The number of pyridine rings is 1. The SMILES string of the molecule is CC(=O)NCC1CCN(c2cc(CN)ccn2)CC1. The lowest BCUT2D eigenvalue weighted by Gasteiger charge is -2.33. The van der Waals surface area contributed by atoms with Gasteiger partial charge in [-0.15, -0.1) is 0 Å². The predicted molar refractivity (Wildman–Crippen MR) is 75.7 cm³/mol. The molecular formula is C14H22N4O. The molecule has 1 saturated heterocycles. The van der Waals surface area contributed by atoms with Crippen LogP contribution in [0.25, 0.3) is 0 Å². The molecule has 0 aromatic carbocycles. The van der Waals surface area contributed by atoms with Gasteiger partial charge in [0.15, 0.2) is 0 Å². The number of amides is 1. The van der Waals surface area contributed by atoms with Gasteiger partial charge >= 0.3 is 0 Å². The number of carbonyl (C=O) groups excluding carboxylic acids is 1. The van der Waals surface area contributed by atoms with E-state index in [1.807, 2.05) is 12.3 Å². The number of aromatic nitrogens is 1. The minimum Gasteiger partial charge on any atom is -0.357 e. The highest BCUT2D eigenvalue weighted by atomic mass is 16.1. The predicted octanol–water partition coefficient (Wildman–Crippen LogP) is 0.893. The van der Waals surface area contributed by atoms with Crippen molar-refractivity contribution in [2.24, 2.45) is 11.7 Å². The monoisotopic (exact) mass is 262 g/mol. The number of nitrogens with zero attached hydrogens (tertiary/aromatic N) is 2. The molecule has 3 N–H and O–H groups in total. The van der Waals surface area contributed by atoms with Gasteiger partial charge in [-0.3, -0.25) is 4.79 Å². The van der Waals surface area contributed by atoms with E-state index in [1.54, 1.807) is 6.92 Å². The Kier molecular flexibility index (Phi) is 4.74. The maximum absolute atomic E-state index is 10.9. The van der Waals surface area contributed by atoms with Gasteiger partial charge in [-0.25, -0.2) is 4.98 Å². The molecule has 104 valence electrons. The molecule has 0 atom stereocenters. The third kappa shape index (κ3) is 3.92. The Hall–Kier alpha value is -1.62. The van der Waals surface area contributed by atoms with Crippen LogP contribution in [-0.2, 0) is 11.3 Å². The second-order valence-electron chi connectivity index (χ2n) is 5.09. The van der Waals surface area contributed by atoms with Crippen LogP contribution in [0.3, 0.4) is 0 Å². The molecule has 1 aromatic rings. The summed E-state index contributed by atoms with van der Waals surface area (Å²) in [4.78, 5) is 17.6. The van der Waals surface area contributed by atoms with Crippen LogP contribution in [0, 0.1) is 5.92 Å². The standard InChI is InChI=1S/C14H22N4O/c1-11(19)17-10-12-3-6-18(7-4-12)14-8-13(9-15)2-5-16-14/h2,5,8,12H,3-4,6-7,9-10,15H2,1H3,(H,17,19). The van der Waals surface area contributed by atoms with Crippen LogP contribution in [0.5, 0.6) is 0 Å². The number of nitrogens with one attached hydrogen (secondary N) is 1. The van der Waals surface area contributed by atoms with Crippen molar-refractivity contribution < 1.29 is 4.79 Å². The van der Waals surface area contributed by atoms with Crippen molar-refractivity contribution in [2.45, 2.75) is 26.3 Å². The van der Waals surface area contributed by atoms with E-state index in [-0.39, 0.29) is 5.91 Å². The zero-order valence-corrected chi connectivity index (χ0v) is 11.4. The van der Waals surface area contributed by atoms with Crippen molar-refractivity contribution in [2.75, 3.05) is 24.5 Å². The molecular weight excluding hydrogens is 240 g/mol. The molecule has 0 radical (unpaired) electrons. The Balaban J connectivity index is 1.87. The summed E-state index contributed by atoms with van der Waals surface area (Å²) in [6.07, 6.45) is 4.00. The molecule has 0 spiro atoms. The van der Waals surface area contributed by atoms with Crippen molar-refractivity contribution in [3.8, 4) is 0 Å². The molecule has 1 fully saturated rings. The highest BCUT2D eigenvalue weighted by molar-refractivity contribution is 5.72. The Bertz CT molecular complexity index is 427. The Labute approximate surface area is 114 Å². The maximum atomic E-state index is 10.9. The minimum absolute atomic E-state index is 0.0553. The summed E-state index contributed by atoms with van der Waals surface area (Å²) in [5, 5.41) is 2.90. The first kappa shape index (κ1) is 13.8. The van der Waals surface area contributed by atoms with E-state index in [1.165, 1.54) is 0 Å². The van der Waals surface area contributed by atoms with E-state index in [0.29, 0.717) is 12.5 Å². The maximum Gasteiger partial charge on any atom is 0.216 e. The molecule has 5 nitrogen and oxygen atoms in total. The molecule has 5 heteroatoms. The van der Waals surface area contributed by atoms with Crippen molar-refractivity contribution in [3.63, 3.8) is 0 Å². The zero-order valence-electron chi connectivity index (χ0n) is 11.4. The smallest absolute Gasteiger partial charge is 0.216 e. The Morgan fingerprint density at radius 1 is 1.53 bits per heavy atom. The molecule has 2 heterocycles. The minimum atomic E-state index is 0.0553. The van der Waals surface area contributed by atoms with Gasteiger partial charge in [0.2, 0.25) is 5.91 Å². The van der Waals surface area contributed by atoms with E-state index in [4.69, 9.17) is 5.73 Å². The molecule has 0 unspecified atom stereocenters. The average Bonchev–Trinajstić information content (AvgIpc) is 2.45. The zero-order chi connectivity index (χ0) is 13.7. The molecule has 1 aliphatic rings. The van der Waals surface area contributed by atoms with Crippen LogP contribution in [0.4, 0.5) is 5.82 Å². The number of hydrogen-bond acceptors (Lipinski definition) is 4. The molecule has 0 bridgehead atoms. The first-order valence-electron chi connectivity index (χ1n) is 6.83. The van der Waals surface area contributed by atoms with E-state index in [0.717, 1.165) is 43.9 Å². The number of hydrogen-bond donors (Lipinski definition) is 2. The summed E-state index contributed by atoms with van der Waals surface area (Å²) < 4.78 is 0. The van der Waals surface area contributed by atoms with Crippen molar-refractivity contribution in [3.05, 3.63) is 23.9 Å². The summed E-state index contributed by atoms with van der Waals surface area (Å²) in [6, 6.07) is 4.02. The van der Waals surface area contributed by atoms with Gasteiger partial charge in [0.1, 0.15) is 5.82 Å². The second-order valence-corrected chi connectivity index (χ2v) is 5.09. The summed E-state index contributed by atoms with van der Waals surface area (Å²) in [6.45, 7) is 4.89. The van der Waals surface area contributed by atoms with Gasteiger partial charge in [0, 0.05) is 39.3 Å². The number of piperidine rings is 1. The van der Waals surface area contributed by atoms with Crippen molar-refractivity contribution in [1.82, 2.24) is 10.3 Å². The van der Waals surface area contributed by atoms with Gasteiger partial charge in [-0.1, -0.05) is 0 Å². The third-order valence-corrected chi connectivity index (χ3v) is 3.62. The van der Waals surface area contributed by atoms with Crippen LogP contribution in [0.2, 0.25) is 0 Å². The summed E-state index contributed by atoms with van der Waals surface area (Å²) in [5.41, 5.74) is 6.77. The van der Waals surface area contributed by atoms with Crippen LogP contribution in [0.15, 0.2) is 18.3 Å². The highest BCUT2D eigenvalue weighted by Crippen LogP contribution is 2.21. The first-order valence-corrected chi connectivity index (χ1v) is 6.83. The summed E-state index contributed by atoms with van der Waals surface area (Å²) in [7, 11) is 0. The molecule has 1 aliphatic heterocycles. The van der Waals surface area contributed by atoms with Crippen LogP contribution >= 0.6 is 0 Å². The average molecular weight is 262 g/mol. The van der Waals surface area contributed by atoms with Gasteiger partial charge in [0.25, 0.3) is 0 Å².